The van der Waals surface area contributed by atoms with Crippen LogP contribution in [-0.4, -0.2) is 39.5 Å². The Morgan fingerprint density at radius 2 is 2.05 bits per heavy atom. The fourth-order valence-corrected chi connectivity index (χ4v) is 2.27. The number of aryl methyl sites for hydroxylation is 1. The summed E-state index contributed by atoms with van der Waals surface area (Å²) >= 11 is 0. The second kappa shape index (κ2) is 4.93. The number of carbonyl (C=O) groups is 1. The number of fused-ring (bicyclic) bond motifs is 1. The van der Waals surface area contributed by atoms with Crippen LogP contribution in [0, 0.1) is 0 Å². The minimum Gasteiger partial charge on any atom is -0.494 e. The van der Waals surface area contributed by atoms with E-state index in [0.717, 1.165) is 11.1 Å². The standard InChI is InChI=1S/C14H15N5O2/c1-15-14(20)11-6-17-19-8-9(4-12(21-3)13(11)19)10-5-16-18(2)7-10/h4-8H,1-3H3,(H,15,20). The van der Waals surface area contributed by atoms with Crippen molar-refractivity contribution in [1.82, 2.24) is 24.7 Å². The Morgan fingerprint density at radius 1 is 1.24 bits per heavy atom. The lowest BCUT2D eigenvalue weighted by Crippen LogP contribution is -2.17. The van der Waals surface area contributed by atoms with Crippen LogP contribution in [0.5, 0.6) is 5.75 Å². The van der Waals surface area contributed by atoms with Gasteiger partial charge in [-0.3, -0.25) is 9.48 Å². The molecule has 1 N–H and O–H groups in total. The number of pyridine rings is 1. The number of hydrogen-bond donors (Lipinski definition) is 1. The van der Waals surface area contributed by atoms with Gasteiger partial charge >= 0.3 is 0 Å². The Balaban J connectivity index is 2.22. The van der Waals surface area contributed by atoms with Gasteiger partial charge in [0.1, 0.15) is 11.3 Å². The third kappa shape index (κ3) is 2.12. The monoisotopic (exact) mass is 285 g/mol. The minimum absolute atomic E-state index is 0.197. The summed E-state index contributed by atoms with van der Waals surface area (Å²) in [6, 6.07) is 1.88. The van der Waals surface area contributed by atoms with E-state index >= 15 is 0 Å². The van der Waals surface area contributed by atoms with Gasteiger partial charge in [0.25, 0.3) is 5.91 Å². The van der Waals surface area contributed by atoms with Gasteiger partial charge in [-0.05, 0) is 6.07 Å². The molecular weight excluding hydrogens is 270 g/mol. The molecule has 7 heteroatoms. The van der Waals surface area contributed by atoms with Crippen molar-refractivity contribution in [3.63, 3.8) is 0 Å². The second-order valence-electron chi connectivity index (χ2n) is 4.63. The van der Waals surface area contributed by atoms with E-state index in [-0.39, 0.29) is 5.91 Å². The minimum atomic E-state index is -0.197. The summed E-state index contributed by atoms with van der Waals surface area (Å²) in [6.45, 7) is 0. The van der Waals surface area contributed by atoms with Gasteiger partial charge in [0.2, 0.25) is 0 Å². The molecule has 0 radical (unpaired) electrons. The van der Waals surface area contributed by atoms with E-state index in [1.54, 1.807) is 29.6 Å². The molecule has 108 valence electrons. The quantitative estimate of drug-likeness (QED) is 0.782. The van der Waals surface area contributed by atoms with Gasteiger partial charge in [0.15, 0.2) is 0 Å². The van der Waals surface area contributed by atoms with Crippen LogP contribution in [-0.2, 0) is 7.05 Å². The zero-order chi connectivity index (χ0) is 15.0. The van der Waals surface area contributed by atoms with Crippen LogP contribution in [0.3, 0.4) is 0 Å². The largest absolute Gasteiger partial charge is 0.494 e. The molecule has 0 atom stereocenters. The molecule has 0 saturated heterocycles. The predicted molar refractivity (Wildman–Crippen MR) is 77.3 cm³/mol. The van der Waals surface area contributed by atoms with Crippen molar-refractivity contribution in [3.8, 4) is 16.9 Å². The van der Waals surface area contributed by atoms with E-state index in [1.807, 2.05) is 25.5 Å². The highest BCUT2D eigenvalue weighted by Crippen LogP contribution is 2.29. The Bertz CT molecular complexity index is 818. The number of rotatable bonds is 3. The van der Waals surface area contributed by atoms with Gasteiger partial charge in [0, 0.05) is 37.6 Å². The summed E-state index contributed by atoms with van der Waals surface area (Å²) in [5.74, 6) is 0.393. The van der Waals surface area contributed by atoms with Gasteiger partial charge in [-0.15, -0.1) is 0 Å². The first-order valence-electron chi connectivity index (χ1n) is 6.40. The summed E-state index contributed by atoms with van der Waals surface area (Å²) in [4.78, 5) is 11.9. The van der Waals surface area contributed by atoms with Crippen LogP contribution in [0.1, 0.15) is 10.4 Å². The average molecular weight is 285 g/mol. The van der Waals surface area contributed by atoms with Crippen molar-refractivity contribution >= 4 is 11.4 Å². The summed E-state index contributed by atoms with van der Waals surface area (Å²) in [5.41, 5.74) is 2.99. The van der Waals surface area contributed by atoms with E-state index in [9.17, 15) is 4.79 Å². The van der Waals surface area contributed by atoms with E-state index in [0.29, 0.717) is 16.8 Å². The molecule has 0 aliphatic heterocycles. The smallest absolute Gasteiger partial charge is 0.255 e. The highest BCUT2D eigenvalue weighted by Gasteiger charge is 2.17. The van der Waals surface area contributed by atoms with E-state index in [1.165, 1.54) is 6.20 Å². The number of methoxy groups -OCH3 is 1. The van der Waals surface area contributed by atoms with Crippen LogP contribution in [0.4, 0.5) is 0 Å². The van der Waals surface area contributed by atoms with Crippen LogP contribution in [0.2, 0.25) is 0 Å². The van der Waals surface area contributed by atoms with Gasteiger partial charge < -0.3 is 10.1 Å². The molecule has 21 heavy (non-hydrogen) atoms. The molecule has 7 nitrogen and oxygen atoms in total. The fourth-order valence-electron chi connectivity index (χ4n) is 2.27. The lowest BCUT2D eigenvalue weighted by atomic mass is 10.1. The molecule has 0 spiro atoms. The lowest BCUT2D eigenvalue weighted by molar-refractivity contribution is 0.0964. The Labute approximate surface area is 121 Å². The lowest BCUT2D eigenvalue weighted by Gasteiger charge is -2.07. The van der Waals surface area contributed by atoms with Crippen molar-refractivity contribution < 1.29 is 9.53 Å². The molecule has 3 aromatic heterocycles. The van der Waals surface area contributed by atoms with E-state index in [2.05, 4.69) is 15.5 Å². The molecule has 0 aliphatic carbocycles. The highest BCUT2D eigenvalue weighted by atomic mass is 16.5. The Kier molecular flexibility index (Phi) is 3.09. The number of hydrogen-bond acceptors (Lipinski definition) is 4. The maximum atomic E-state index is 11.9. The Hall–Kier alpha value is -2.83. The number of amides is 1. The highest BCUT2D eigenvalue weighted by molar-refractivity contribution is 6.02. The van der Waals surface area contributed by atoms with Gasteiger partial charge in [-0.1, -0.05) is 0 Å². The number of ether oxygens (including phenoxy) is 1. The molecule has 0 bridgehead atoms. The fraction of sp³-hybridized carbons (Fsp3) is 0.214. The van der Waals surface area contributed by atoms with Crippen LogP contribution in [0.25, 0.3) is 16.6 Å². The van der Waals surface area contributed by atoms with Crippen molar-refractivity contribution in [3.05, 3.63) is 36.4 Å². The molecular formula is C14H15N5O2. The maximum Gasteiger partial charge on any atom is 0.255 e. The molecule has 1 amide bonds. The van der Waals surface area contributed by atoms with Crippen LogP contribution < -0.4 is 10.1 Å². The number of nitrogens with zero attached hydrogens (tertiary/aromatic N) is 4. The zero-order valence-corrected chi connectivity index (χ0v) is 12.0. The molecule has 0 aliphatic rings. The van der Waals surface area contributed by atoms with Gasteiger partial charge in [0.05, 0.1) is 25.1 Å². The molecule has 0 aromatic carbocycles. The predicted octanol–water partition coefficient (Wildman–Crippen LogP) is 1.10. The van der Waals surface area contributed by atoms with Crippen molar-refractivity contribution in [2.24, 2.45) is 7.05 Å². The van der Waals surface area contributed by atoms with Crippen LogP contribution in [0.15, 0.2) is 30.9 Å². The zero-order valence-electron chi connectivity index (χ0n) is 12.0. The van der Waals surface area contributed by atoms with Crippen molar-refractivity contribution in [1.29, 1.82) is 0 Å². The molecule has 3 heterocycles. The summed E-state index contributed by atoms with van der Waals surface area (Å²) in [5, 5.41) is 11.0. The topological polar surface area (TPSA) is 73.5 Å². The molecule has 0 saturated carbocycles. The maximum absolute atomic E-state index is 11.9. The molecule has 0 fully saturated rings. The average Bonchev–Trinajstić information content (AvgIpc) is 3.11. The van der Waals surface area contributed by atoms with Gasteiger partial charge in [-0.2, -0.15) is 10.2 Å². The van der Waals surface area contributed by atoms with Crippen LogP contribution >= 0.6 is 0 Å². The molecule has 3 aromatic rings. The first kappa shape index (κ1) is 13.2. The van der Waals surface area contributed by atoms with Crippen molar-refractivity contribution in [2.45, 2.75) is 0 Å². The van der Waals surface area contributed by atoms with E-state index in [4.69, 9.17) is 4.74 Å². The third-order valence-electron chi connectivity index (χ3n) is 3.31. The summed E-state index contributed by atoms with van der Waals surface area (Å²) in [6.07, 6.45) is 7.05. The number of carbonyl (C=O) groups excluding carboxylic acids is 1. The molecule has 3 rings (SSSR count). The summed E-state index contributed by atoms with van der Waals surface area (Å²) in [7, 11) is 5.02. The molecule has 0 unspecified atom stereocenters. The normalized spacial score (nSPS) is 10.8. The first-order valence-corrected chi connectivity index (χ1v) is 6.40. The number of aromatic nitrogens is 4. The SMILES string of the molecule is CNC(=O)c1cnn2cc(-c3cnn(C)c3)cc(OC)c12. The van der Waals surface area contributed by atoms with Crippen molar-refractivity contribution in [2.75, 3.05) is 14.2 Å². The first-order chi connectivity index (χ1) is 10.1. The Morgan fingerprint density at radius 3 is 2.67 bits per heavy atom. The summed E-state index contributed by atoms with van der Waals surface area (Å²) < 4.78 is 8.79. The van der Waals surface area contributed by atoms with Gasteiger partial charge in [-0.25, -0.2) is 4.52 Å². The van der Waals surface area contributed by atoms with E-state index < -0.39 is 0 Å². The second-order valence-corrected chi connectivity index (χ2v) is 4.63. The number of nitrogens with one attached hydrogen (secondary N) is 1. The third-order valence-corrected chi connectivity index (χ3v) is 3.31.